The minimum atomic E-state index is -0.300. The van der Waals surface area contributed by atoms with Crippen molar-refractivity contribution in [3.63, 3.8) is 0 Å². The first-order valence-electron chi connectivity index (χ1n) is 11.6. The van der Waals surface area contributed by atoms with Crippen LogP contribution >= 0.6 is 11.3 Å². The van der Waals surface area contributed by atoms with Crippen molar-refractivity contribution in [2.75, 3.05) is 29.9 Å². The third kappa shape index (κ3) is 5.27. The van der Waals surface area contributed by atoms with Crippen molar-refractivity contribution in [2.45, 2.75) is 46.1 Å². The van der Waals surface area contributed by atoms with Crippen molar-refractivity contribution in [1.82, 2.24) is 19.9 Å². The van der Waals surface area contributed by atoms with Crippen molar-refractivity contribution < 1.29 is 9.59 Å². The molecule has 34 heavy (non-hydrogen) atoms. The van der Waals surface area contributed by atoms with E-state index in [4.69, 9.17) is 0 Å². The van der Waals surface area contributed by atoms with Gasteiger partial charge in [0.2, 0.25) is 11.8 Å². The third-order valence-electron chi connectivity index (χ3n) is 5.96. The van der Waals surface area contributed by atoms with Crippen molar-refractivity contribution in [2.24, 2.45) is 5.92 Å². The Bertz CT molecular complexity index is 1230. The molecular weight excluding hydrogens is 452 g/mol. The first kappa shape index (κ1) is 23.9. The molecule has 2 aromatic heterocycles. The minimum Gasteiger partial charge on any atom is -0.356 e. The van der Waals surface area contributed by atoms with Gasteiger partial charge in [-0.05, 0) is 43.4 Å². The van der Waals surface area contributed by atoms with Gasteiger partial charge in [0.25, 0.3) is 5.56 Å². The Kier molecular flexibility index (Phi) is 7.26. The first-order valence-corrected chi connectivity index (χ1v) is 12.5. The van der Waals surface area contributed by atoms with Crippen LogP contribution in [0, 0.1) is 5.92 Å². The van der Waals surface area contributed by atoms with Crippen LogP contribution in [0.2, 0.25) is 0 Å². The molecule has 0 radical (unpaired) electrons. The molecule has 0 aliphatic carbocycles. The van der Waals surface area contributed by atoms with Gasteiger partial charge in [-0.15, -0.1) is 0 Å². The van der Waals surface area contributed by atoms with E-state index in [1.165, 1.54) is 27.8 Å². The number of hydrogen-bond acceptors (Lipinski definition) is 7. The number of carbonyl (C=O) groups is 2. The van der Waals surface area contributed by atoms with Crippen molar-refractivity contribution in [3.05, 3.63) is 46.5 Å². The van der Waals surface area contributed by atoms with E-state index >= 15 is 0 Å². The Balaban J connectivity index is 1.47. The summed E-state index contributed by atoms with van der Waals surface area (Å²) >= 11 is 1.26. The number of thiazole rings is 1. The van der Waals surface area contributed by atoms with Gasteiger partial charge in [-0.25, -0.2) is 4.98 Å². The maximum atomic E-state index is 13.0. The van der Waals surface area contributed by atoms with Gasteiger partial charge < -0.3 is 15.5 Å². The fourth-order valence-corrected chi connectivity index (χ4v) is 5.08. The standard InChI is InChI=1S/C24H30N6O3S/c1-4-25-22(32)17-6-5-11-29(12-17)24-28-21-20(34-24)23(33)30(14-26-21)13-19(31)27-18-9-7-16(8-10-18)15(2)3/h7-10,14-15,17H,4-6,11-13H2,1-3H3,(H,25,32)(H,27,31)/t17-/m0/s1. The highest BCUT2D eigenvalue weighted by atomic mass is 32.1. The molecule has 2 amide bonds. The molecule has 2 N–H and O–H groups in total. The van der Waals surface area contributed by atoms with E-state index in [1.54, 1.807) is 0 Å². The lowest BCUT2D eigenvalue weighted by molar-refractivity contribution is -0.125. The van der Waals surface area contributed by atoms with Gasteiger partial charge in [0.1, 0.15) is 17.6 Å². The maximum absolute atomic E-state index is 13.0. The predicted octanol–water partition coefficient (Wildman–Crippen LogP) is 2.97. The van der Waals surface area contributed by atoms with Gasteiger partial charge in [0, 0.05) is 25.3 Å². The number of fused-ring (bicyclic) bond motifs is 1. The molecule has 10 heteroatoms. The highest BCUT2D eigenvalue weighted by molar-refractivity contribution is 7.22. The molecule has 180 valence electrons. The zero-order chi connectivity index (χ0) is 24.2. The van der Waals surface area contributed by atoms with Crippen LogP contribution in [-0.4, -0.2) is 46.0 Å². The van der Waals surface area contributed by atoms with Gasteiger partial charge >= 0.3 is 0 Å². The average molecular weight is 483 g/mol. The van der Waals surface area contributed by atoms with Crippen LogP contribution in [0.3, 0.4) is 0 Å². The van der Waals surface area contributed by atoms with Crippen LogP contribution < -0.4 is 21.1 Å². The summed E-state index contributed by atoms with van der Waals surface area (Å²) in [6, 6.07) is 7.69. The Morgan fingerprint density at radius 1 is 1.24 bits per heavy atom. The van der Waals surface area contributed by atoms with Gasteiger partial charge in [-0.3, -0.25) is 19.0 Å². The topological polar surface area (TPSA) is 109 Å². The maximum Gasteiger partial charge on any atom is 0.273 e. The van der Waals surface area contributed by atoms with E-state index in [2.05, 4.69) is 34.4 Å². The number of rotatable bonds is 7. The van der Waals surface area contributed by atoms with Crippen molar-refractivity contribution >= 4 is 44.3 Å². The second kappa shape index (κ2) is 10.3. The van der Waals surface area contributed by atoms with Gasteiger partial charge in [0.15, 0.2) is 10.8 Å². The average Bonchev–Trinajstić information content (AvgIpc) is 3.27. The molecule has 1 fully saturated rings. The summed E-state index contributed by atoms with van der Waals surface area (Å²) in [6.07, 6.45) is 3.09. The Labute approximate surface area is 202 Å². The van der Waals surface area contributed by atoms with Crippen LogP contribution in [0.25, 0.3) is 10.3 Å². The smallest absolute Gasteiger partial charge is 0.273 e. The Hall–Kier alpha value is -3.27. The van der Waals surface area contributed by atoms with E-state index in [0.29, 0.717) is 40.2 Å². The molecule has 0 unspecified atom stereocenters. The summed E-state index contributed by atoms with van der Waals surface area (Å²) in [5, 5.41) is 6.40. The fraction of sp³-hybridized carbons (Fsp3) is 0.458. The summed E-state index contributed by atoms with van der Waals surface area (Å²) < 4.78 is 1.71. The summed E-state index contributed by atoms with van der Waals surface area (Å²) in [7, 11) is 0. The molecule has 1 aromatic carbocycles. The first-order chi connectivity index (χ1) is 16.4. The largest absolute Gasteiger partial charge is 0.356 e. The van der Waals surface area contributed by atoms with Gasteiger partial charge in [-0.2, -0.15) is 4.98 Å². The van der Waals surface area contributed by atoms with E-state index in [-0.39, 0.29) is 29.8 Å². The minimum absolute atomic E-state index is 0.0543. The molecule has 1 aliphatic heterocycles. The monoisotopic (exact) mass is 482 g/mol. The third-order valence-corrected chi connectivity index (χ3v) is 7.05. The molecule has 1 saturated heterocycles. The van der Waals surface area contributed by atoms with Crippen LogP contribution in [-0.2, 0) is 16.1 Å². The zero-order valence-corrected chi connectivity index (χ0v) is 20.5. The number of anilines is 2. The van der Waals surface area contributed by atoms with Crippen molar-refractivity contribution in [1.29, 1.82) is 0 Å². The lowest BCUT2D eigenvalue weighted by Gasteiger charge is -2.31. The van der Waals surface area contributed by atoms with Crippen LogP contribution in [0.15, 0.2) is 35.4 Å². The molecule has 9 nitrogen and oxygen atoms in total. The second-order valence-electron chi connectivity index (χ2n) is 8.83. The van der Waals surface area contributed by atoms with E-state index in [0.717, 1.165) is 19.4 Å². The Morgan fingerprint density at radius 3 is 2.71 bits per heavy atom. The summed E-state index contributed by atoms with van der Waals surface area (Å²) in [4.78, 5) is 48.7. The number of hydrogen-bond donors (Lipinski definition) is 2. The van der Waals surface area contributed by atoms with Crippen LogP contribution in [0.1, 0.15) is 45.1 Å². The van der Waals surface area contributed by atoms with Crippen LogP contribution in [0.4, 0.5) is 10.8 Å². The molecule has 0 bridgehead atoms. The number of piperidine rings is 1. The number of carbonyl (C=O) groups excluding carboxylic acids is 2. The SMILES string of the molecule is CCNC(=O)[C@H]1CCCN(c2nc3ncn(CC(=O)Nc4ccc(C(C)C)cc4)c(=O)c3s2)C1. The van der Waals surface area contributed by atoms with Gasteiger partial charge in [-0.1, -0.05) is 37.3 Å². The molecule has 3 aromatic rings. The molecule has 1 aliphatic rings. The van der Waals surface area contributed by atoms with Crippen LogP contribution in [0.5, 0.6) is 0 Å². The molecular formula is C24H30N6O3S. The summed E-state index contributed by atoms with van der Waals surface area (Å²) in [5.41, 5.74) is 1.95. The van der Waals surface area contributed by atoms with E-state index in [9.17, 15) is 14.4 Å². The number of nitrogens with one attached hydrogen (secondary N) is 2. The summed E-state index contributed by atoms with van der Waals surface area (Å²) in [5.74, 6) is 0.0723. The fourth-order valence-electron chi connectivity index (χ4n) is 4.07. The zero-order valence-electron chi connectivity index (χ0n) is 19.7. The molecule has 1 atom stereocenters. The van der Waals surface area contributed by atoms with Gasteiger partial charge in [0.05, 0.1) is 5.92 Å². The highest BCUT2D eigenvalue weighted by Crippen LogP contribution is 2.29. The van der Waals surface area contributed by atoms with Crippen molar-refractivity contribution in [3.8, 4) is 0 Å². The second-order valence-corrected chi connectivity index (χ2v) is 9.81. The molecule has 0 saturated carbocycles. The lowest BCUT2D eigenvalue weighted by atomic mass is 9.97. The summed E-state index contributed by atoms with van der Waals surface area (Å²) in [6.45, 7) is 7.95. The van der Waals surface area contributed by atoms with E-state index < -0.39 is 0 Å². The number of benzene rings is 1. The number of nitrogens with zero attached hydrogens (tertiary/aromatic N) is 4. The normalized spacial score (nSPS) is 16.1. The lowest BCUT2D eigenvalue weighted by Crippen LogP contribution is -2.43. The van der Waals surface area contributed by atoms with E-state index in [1.807, 2.05) is 36.1 Å². The molecule has 3 heterocycles. The highest BCUT2D eigenvalue weighted by Gasteiger charge is 2.27. The molecule has 0 spiro atoms. The quantitative estimate of drug-likeness (QED) is 0.536. The number of amides is 2. The number of aromatic nitrogens is 3. The molecule has 4 rings (SSSR count). The predicted molar refractivity (Wildman–Crippen MR) is 134 cm³/mol. The Morgan fingerprint density at radius 2 is 2.00 bits per heavy atom.